The molecule has 0 saturated heterocycles. The summed E-state index contributed by atoms with van der Waals surface area (Å²) in [5.41, 5.74) is 0.265. The van der Waals surface area contributed by atoms with Crippen LogP contribution in [0.2, 0.25) is 0 Å². The first-order valence-corrected chi connectivity index (χ1v) is 7.52. The van der Waals surface area contributed by atoms with E-state index in [1.165, 1.54) is 39.2 Å². The van der Waals surface area contributed by atoms with Crippen molar-refractivity contribution < 1.29 is 0 Å². The molecule has 5 heteroatoms. The minimum absolute atomic E-state index is 0.236. The van der Waals surface area contributed by atoms with E-state index in [0.717, 1.165) is 16.2 Å². The van der Waals surface area contributed by atoms with Crippen molar-refractivity contribution in [1.29, 1.82) is 0 Å². The first-order chi connectivity index (χ1) is 9.52. The summed E-state index contributed by atoms with van der Waals surface area (Å²) < 4.78 is 2.69. The fourth-order valence-electron chi connectivity index (χ4n) is 3.04. The van der Waals surface area contributed by atoms with Crippen molar-refractivity contribution in [3.8, 4) is 0 Å². The van der Waals surface area contributed by atoms with E-state index in [1.54, 1.807) is 17.7 Å². The van der Waals surface area contributed by atoms with Gasteiger partial charge in [-0.25, -0.2) is 4.79 Å². The van der Waals surface area contributed by atoms with E-state index in [1.807, 2.05) is 0 Å². The lowest BCUT2D eigenvalue weighted by atomic mass is 9.84. The maximum Gasteiger partial charge on any atom is 0.330 e. The zero-order valence-electron chi connectivity index (χ0n) is 12.7. The molecule has 0 aromatic carbocycles. The third-order valence-electron chi connectivity index (χ3n) is 4.56. The summed E-state index contributed by atoms with van der Waals surface area (Å²) >= 11 is 0. The molecule has 2 unspecified atom stereocenters. The second-order valence-corrected chi connectivity index (χ2v) is 5.89. The van der Waals surface area contributed by atoms with Gasteiger partial charge in [-0.05, 0) is 18.8 Å². The van der Waals surface area contributed by atoms with Gasteiger partial charge in [-0.2, -0.15) is 0 Å². The summed E-state index contributed by atoms with van der Waals surface area (Å²) in [4.78, 5) is 23.5. The minimum atomic E-state index is -0.260. The SMILES string of the molecule is CCC1CCCC(NCc2cc(=O)n(C)c(=O)n2C)C1. The van der Waals surface area contributed by atoms with Crippen molar-refractivity contribution in [2.75, 3.05) is 0 Å². The lowest BCUT2D eigenvalue weighted by Gasteiger charge is -2.29. The van der Waals surface area contributed by atoms with Gasteiger partial charge < -0.3 is 5.32 Å². The molecule has 1 aromatic heterocycles. The largest absolute Gasteiger partial charge is 0.330 e. The fourth-order valence-corrected chi connectivity index (χ4v) is 3.04. The quantitative estimate of drug-likeness (QED) is 0.899. The van der Waals surface area contributed by atoms with E-state index in [-0.39, 0.29) is 11.2 Å². The third kappa shape index (κ3) is 3.20. The Morgan fingerprint density at radius 3 is 2.70 bits per heavy atom. The predicted molar refractivity (Wildman–Crippen MR) is 79.8 cm³/mol. The van der Waals surface area contributed by atoms with Crippen molar-refractivity contribution in [3.63, 3.8) is 0 Å². The molecule has 20 heavy (non-hydrogen) atoms. The fraction of sp³-hybridized carbons (Fsp3) is 0.733. The molecule has 2 rings (SSSR count). The van der Waals surface area contributed by atoms with E-state index < -0.39 is 0 Å². The van der Waals surface area contributed by atoms with E-state index in [0.29, 0.717) is 12.6 Å². The topological polar surface area (TPSA) is 56.0 Å². The van der Waals surface area contributed by atoms with Crippen molar-refractivity contribution in [2.45, 2.75) is 51.6 Å². The smallest absolute Gasteiger partial charge is 0.308 e. The Morgan fingerprint density at radius 1 is 1.25 bits per heavy atom. The number of nitrogens with one attached hydrogen (secondary N) is 1. The Balaban J connectivity index is 2.04. The third-order valence-corrected chi connectivity index (χ3v) is 4.56. The highest BCUT2D eigenvalue weighted by atomic mass is 16.2. The van der Waals surface area contributed by atoms with E-state index >= 15 is 0 Å². The highest BCUT2D eigenvalue weighted by molar-refractivity contribution is 5.02. The van der Waals surface area contributed by atoms with Crippen LogP contribution in [0.25, 0.3) is 0 Å². The summed E-state index contributed by atoms with van der Waals surface area (Å²) in [6.45, 7) is 2.83. The van der Waals surface area contributed by atoms with Gasteiger partial charge in [0.2, 0.25) is 0 Å². The average Bonchev–Trinajstić information content (AvgIpc) is 2.47. The van der Waals surface area contributed by atoms with Crippen molar-refractivity contribution in [3.05, 3.63) is 32.6 Å². The first kappa shape index (κ1) is 15.0. The molecule has 1 saturated carbocycles. The van der Waals surface area contributed by atoms with Gasteiger partial charge in [0.05, 0.1) is 0 Å². The highest BCUT2D eigenvalue weighted by Gasteiger charge is 2.20. The van der Waals surface area contributed by atoms with Crippen LogP contribution in [0.1, 0.15) is 44.7 Å². The Hall–Kier alpha value is -1.36. The highest BCUT2D eigenvalue weighted by Crippen LogP contribution is 2.26. The lowest BCUT2D eigenvalue weighted by molar-refractivity contribution is 0.277. The van der Waals surface area contributed by atoms with E-state index in [9.17, 15) is 9.59 Å². The minimum Gasteiger partial charge on any atom is -0.308 e. The van der Waals surface area contributed by atoms with Crippen LogP contribution in [-0.4, -0.2) is 15.2 Å². The van der Waals surface area contributed by atoms with Gasteiger partial charge in [-0.1, -0.05) is 26.2 Å². The molecule has 0 bridgehead atoms. The molecule has 0 amide bonds. The summed E-state index contributed by atoms with van der Waals surface area (Å²) in [6.07, 6.45) is 6.23. The monoisotopic (exact) mass is 279 g/mol. The zero-order valence-corrected chi connectivity index (χ0v) is 12.7. The average molecular weight is 279 g/mol. The molecule has 0 radical (unpaired) electrons. The van der Waals surface area contributed by atoms with Gasteiger partial charge in [0.15, 0.2) is 0 Å². The Kier molecular flexibility index (Phi) is 4.81. The van der Waals surface area contributed by atoms with Gasteiger partial charge in [0, 0.05) is 38.4 Å². The molecule has 112 valence electrons. The number of hydrogen-bond donors (Lipinski definition) is 1. The standard InChI is InChI=1S/C15H25N3O2/c1-4-11-6-5-7-12(8-11)16-10-13-9-14(19)18(3)15(20)17(13)2/h9,11-12,16H,4-8,10H2,1-3H3. The van der Waals surface area contributed by atoms with Gasteiger partial charge in [0.1, 0.15) is 0 Å². The van der Waals surface area contributed by atoms with Crippen LogP contribution in [0, 0.1) is 5.92 Å². The Bertz CT molecular complexity index is 573. The van der Waals surface area contributed by atoms with E-state index in [4.69, 9.17) is 0 Å². The van der Waals surface area contributed by atoms with Crippen LogP contribution in [-0.2, 0) is 20.6 Å². The molecule has 1 N–H and O–H groups in total. The number of aromatic nitrogens is 2. The van der Waals surface area contributed by atoms with Crippen LogP contribution in [0.3, 0.4) is 0 Å². The number of nitrogens with zero attached hydrogens (tertiary/aromatic N) is 2. The first-order valence-electron chi connectivity index (χ1n) is 7.52. The summed E-state index contributed by atoms with van der Waals surface area (Å²) in [5, 5.41) is 3.51. The second-order valence-electron chi connectivity index (χ2n) is 5.89. The molecular weight excluding hydrogens is 254 g/mol. The van der Waals surface area contributed by atoms with Gasteiger partial charge in [-0.3, -0.25) is 13.9 Å². The molecule has 1 aromatic rings. The van der Waals surface area contributed by atoms with Crippen molar-refractivity contribution in [2.24, 2.45) is 20.0 Å². The summed E-state index contributed by atoms with van der Waals surface area (Å²) in [5.74, 6) is 0.814. The molecule has 0 spiro atoms. The molecule has 1 aliphatic carbocycles. The Morgan fingerprint density at radius 2 is 2.00 bits per heavy atom. The lowest BCUT2D eigenvalue weighted by Crippen LogP contribution is -2.40. The van der Waals surface area contributed by atoms with Crippen LogP contribution >= 0.6 is 0 Å². The van der Waals surface area contributed by atoms with Crippen molar-refractivity contribution in [1.82, 2.24) is 14.5 Å². The zero-order chi connectivity index (χ0) is 14.7. The molecule has 2 atom stereocenters. The number of rotatable bonds is 4. The summed E-state index contributed by atoms with van der Waals surface area (Å²) in [7, 11) is 3.23. The van der Waals surface area contributed by atoms with Gasteiger partial charge in [0.25, 0.3) is 5.56 Å². The molecule has 1 heterocycles. The molecule has 1 aliphatic rings. The summed E-state index contributed by atoms with van der Waals surface area (Å²) in [6, 6.07) is 2.06. The maximum absolute atomic E-state index is 11.9. The van der Waals surface area contributed by atoms with Gasteiger partial charge >= 0.3 is 5.69 Å². The maximum atomic E-state index is 11.9. The molecule has 5 nitrogen and oxygen atoms in total. The molecular formula is C15H25N3O2. The molecule has 0 aliphatic heterocycles. The second kappa shape index (κ2) is 6.39. The van der Waals surface area contributed by atoms with Gasteiger partial charge in [-0.15, -0.1) is 0 Å². The van der Waals surface area contributed by atoms with Crippen molar-refractivity contribution >= 4 is 0 Å². The predicted octanol–water partition coefficient (Wildman–Crippen LogP) is 1.14. The van der Waals surface area contributed by atoms with E-state index in [2.05, 4.69) is 12.2 Å². The van der Waals surface area contributed by atoms with Crippen LogP contribution in [0.4, 0.5) is 0 Å². The van der Waals surface area contributed by atoms with Crippen LogP contribution < -0.4 is 16.6 Å². The molecule has 1 fully saturated rings. The normalized spacial score (nSPS) is 22.9. The number of hydrogen-bond acceptors (Lipinski definition) is 3. The van der Waals surface area contributed by atoms with Crippen LogP contribution in [0.15, 0.2) is 15.7 Å². The Labute approximate surface area is 119 Å². The van der Waals surface area contributed by atoms with Crippen LogP contribution in [0.5, 0.6) is 0 Å².